The van der Waals surface area contributed by atoms with Crippen molar-refractivity contribution in [2.45, 2.75) is 13.5 Å². The SMILES string of the molecule is COC(=O)c1cc2cc(CNc3cc(NC(=O)c4ccccc4)ccc3C)cnc2[nH]1. The highest BCUT2D eigenvalue weighted by Crippen LogP contribution is 2.22. The van der Waals surface area contributed by atoms with Crippen molar-refractivity contribution in [1.82, 2.24) is 9.97 Å². The number of pyridine rings is 1. The van der Waals surface area contributed by atoms with Crippen molar-refractivity contribution < 1.29 is 14.3 Å². The van der Waals surface area contributed by atoms with Crippen molar-refractivity contribution in [2.24, 2.45) is 0 Å². The molecular formula is C24H22N4O3. The van der Waals surface area contributed by atoms with Gasteiger partial charge in [-0.3, -0.25) is 4.79 Å². The molecule has 0 fully saturated rings. The number of esters is 1. The summed E-state index contributed by atoms with van der Waals surface area (Å²) in [7, 11) is 1.34. The number of carbonyl (C=O) groups is 2. The summed E-state index contributed by atoms with van der Waals surface area (Å²) in [5, 5.41) is 7.16. The van der Waals surface area contributed by atoms with Crippen LogP contribution in [-0.4, -0.2) is 29.0 Å². The van der Waals surface area contributed by atoms with E-state index in [1.54, 1.807) is 24.4 Å². The number of H-pyrrole nitrogens is 1. The van der Waals surface area contributed by atoms with Gasteiger partial charge in [0.2, 0.25) is 0 Å². The molecule has 4 aromatic rings. The zero-order valence-electron chi connectivity index (χ0n) is 17.2. The maximum Gasteiger partial charge on any atom is 0.354 e. The van der Waals surface area contributed by atoms with Gasteiger partial charge < -0.3 is 20.4 Å². The van der Waals surface area contributed by atoms with E-state index >= 15 is 0 Å². The zero-order chi connectivity index (χ0) is 21.8. The Bertz CT molecular complexity index is 1250. The Kier molecular flexibility index (Phi) is 5.66. The molecular weight excluding hydrogens is 392 g/mol. The van der Waals surface area contributed by atoms with Crippen LogP contribution in [0.4, 0.5) is 11.4 Å². The Labute approximate surface area is 179 Å². The van der Waals surface area contributed by atoms with E-state index in [2.05, 4.69) is 20.6 Å². The highest BCUT2D eigenvalue weighted by Gasteiger charge is 2.11. The van der Waals surface area contributed by atoms with E-state index in [-0.39, 0.29) is 5.91 Å². The normalized spacial score (nSPS) is 10.6. The van der Waals surface area contributed by atoms with Gasteiger partial charge in [-0.15, -0.1) is 0 Å². The molecule has 156 valence electrons. The lowest BCUT2D eigenvalue weighted by atomic mass is 10.1. The largest absolute Gasteiger partial charge is 0.464 e. The first-order valence-corrected chi connectivity index (χ1v) is 9.80. The van der Waals surface area contributed by atoms with Gasteiger partial charge in [0, 0.05) is 35.1 Å². The molecule has 2 heterocycles. The molecule has 0 saturated heterocycles. The van der Waals surface area contributed by atoms with E-state index < -0.39 is 5.97 Å². The third-order valence-corrected chi connectivity index (χ3v) is 4.95. The first kappa shape index (κ1) is 20.2. The maximum atomic E-state index is 12.4. The lowest BCUT2D eigenvalue weighted by Gasteiger charge is -2.12. The quantitative estimate of drug-likeness (QED) is 0.403. The fourth-order valence-electron chi connectivity index (χ4n) is 3.26. The molecule has 4 rings (SSSR count). The number of anilines is 2. The Hall–Kier alpha value is -4.13. The fraction of sp³-hybridized carbons (Fsp3) is 0.125. The number of hydrogen-bond donors (Lipinski definition) is 3. The number of rotatable bonds is 6. The number of methoxy groups -OCH3 is 1. The van der Waals surface area contributed by atoms with Gasteiger partial charge >= 0.3 is 5.97 Å². The topological polar surface area (TPSA) is 96.1 Å². The van der Waals surface area contributed by atoms with Crippen molar-refractivity contribution in [3.63, 3.8) is 0 Å². The van der Waals surface area contributed by atoms with Crippen LogP contribution in [0.1, 0.15) is 32.0 Å². The molecule has 2 aromatic carbocycles. The second-order valence-electron chi connectivity index (χ2n) is 7.16. The number of fused-ring (bicyclic) bond motifs is 1. The zero-order valence-corrected chi connectivity index (χ0v) is 17.2. The predicted octanol–water partition coefficient (Wildman–Crippen LogP) is 4.52. The van der Waals surface area contributed by atoms with Gasteiger partial charge in [-0.05, 0) is 54.4 Å². The number of ether oxygens (including phenoxy) is 1. The number of benzene rings is 2. The van der Waals surface area contributed by atoms with Crippen LogP contribution in [0.3, 0.4) is 0 Å². The summed E-state index contributed by atoms with van der Waals surface area (Å²) in [5.74, 6) is -0.582. The second kappa shape index (κ2) is 8.71. The summed E-state index contributed by atoms with van der Waals surface area (Å²) < 4.78 is 4.74. The molecule has 0 saturated carbocycles. The molecule has 0 aliphatic heterocycles. The minimum absolute atomic E-state index is 0.154. The molecule has 0 atom stereocenters. The van der Waals surface area contributed by atoms with Crippen LogP contribution in [0.2, 0.25) is 0 Å². The van der Waals surface area contributed by atoms with Crippen molar-refractivity contribution in [2.75, 3.05) is 17.7 Å². The minimum atomic E-state index is -0.428. The Morgan fingerprint density at radius 2 is 1.87 bits per heavy atom. The maximum absolute atomic E-state index is 12.4. The molecule has 0 bridgehead atoms. The van der Waals surface area contributed by atoms with E-state index in [1.807, 2.05) is 49.4 Å². The third-order valence-electron chi connectivity index (χ3n) is 4.95. The Morgan fingerprint density at radius 1 is 1.06 bits per heavy atom. The highest BCUT2D eigenvalue weighted by atomic mass is 16.5. The average molecular weight is 414 g/mol. The smallest absolute Gasteiger partial charge is 0.354 e. The molecule has 1 amide bonds. The van der Waals surface area contributed by atoms with Crippen molar-refractivity contribution in [3.05, 3.63) is 89.2 Å². The van der Waals surface area contributed by atoms with Crippen LogP contribution < -0.4 is 10.6 Å². The van der Waals surface area contributed by atoms with E-state index in [4.69, 9.17) is 4.74 Å². The number of nitrogens with one attached hydrogen (secondary N) is 3. The standard InChI is InChI=1S/C24H22N4O3/c1-15-8-9-19(27-23(29)17-6-4-3-5-7-17)12-20(15)25-13-16-10-18-11-21(24(30)31-2)28-22(18)26-14-16/h3-12,14,25H,13H2,1-2H3,(H,26,28)(H,27,29). The molecule has 7 heteroatoms. The summed E-state index contributed by atoms with van der Waals surface area (Å²) in [6.07, 6.45) is 1.75. The number of amides is 1. The first-order valence-electron chi connectivity index (χ1n) is 9.80. The van der Waals surface area contributed by atoms with Crippen LogP contribution in [0.25, 0.3) is 11.0 Å². The summed E-state index contributed by atoms with van der Waals surface area (Å²) in [4.78, 5) is 31.4. The van der Waals surface area contributed by atoms with E-state index in [0.29, 0.717) is 29.1 Å². The number of aromatic amines is 1. The van der Waals surface area contributed by atoms with Gasteiger partial charge in [0.1, 0.15) is 11.3 Å². The minimum Gasteiger partial charge on any atom is -0.464 e. The van der Waals surface area contributed by atoms with Crippen LogP contribution >= 0.6 is 0 Å². The summed E-state index contributed by atoms with van der Waals surface area (Å²) in [6.45, 7) is 2.54. The van der Waals surface area contributed by atoms with Crippen LogP contribution in [0, 0.1) is 6.92 Å². The Balaban J connectivity index is 1.47. The van der Waals surface area contributed by atoms with E-state index in [0.717, 1.165) is 22.2 Å². The van der Waals surface area contributed by atoms with Crippen molar-refractivity contribution >= 4 is 34.3 Å². The number of carbonyl (C=O) groups excluding carboxylic acids is 2. The van der Waals surface area contributed by atoms with Gasteiger partial charge in [0.25, 0.3) is 5.91 Å². The van der Waals surface area contributed by atoms with Gasteiger partial charge in [-0.1, -0.05) is 24.3 Å². The molecule has 3 N–H and O–H groups in total. The van der Waals surface area contributed by atoms with Gasteiger partial charge in [0.05, 0.1) is 7.11 Å². The summed E-state index contributed by atoms with van der Waals surface area (Å²) >= 11 is 0. The molecule has 0 spiro atoms. The van der Waals surface area contributed by atoms with Crippen molar-refractivity contribution in [1.29, 1.82) is 0 Å². The number of nitrogens with zero attached hydrogens (tertiary/aromatic N) is 1. The lowest BCUT2D eigenvalue weighted by Crippen LogP contribution is -2.12. The molecule has 0 unspecified atom stereocenters. The van der Waals surface area contributed by atoms with Crippen LogP contribution in [-0.2, 0) is 11.3 Å². The molecule has 0 aliphatic rings. The Morgan fingerprint density at radius 3 is 2.65 bits per heavy atom. The van der Waals surface area contributed by atoms with Gasteiger partial charge in [0.15, 0.2) is 0 Å². The number of aryl methyl sites for hydroxylation is 1. The van der Waals surface area contributed by atoms with Crippen molar-refractivity contribution in [3.8, 4) is 0 Å². The van der Waals surface area contributed by atoms with Crippen LogP contribution in [0.5, 0.6) is 0 Å². The van der Waals surface area contributed by atoms with E-state index in [9.17, 15) is 9.59 Å². The molecule has 2 aromatic heterocycles. The van der Waals surface area contributed by atoms with Crippen LogP contribution in [0.15, 0.2) is 66.9 Å². The number of hydrogen-bond acceptors (Lipinski definition) is 5. The molecule has 0 aliphatic carbocycles. The number of aromatic nitrogens is 2. The van der Waals surface area contributed by atoms with Gasteiger partial charge in [-0.25, -0.2) is 9.78 Å². The lowest BCUT2D eigenvalue weighted by molar-refractivity contribution is 0.0595. The van der Waals surface area contributed by atoms with E-state index in [1.165, 1.54) is 7.11 Å². The second-order valence-corrected chi connectivity index (χ2v) is 7.16. The predicted molar refractivity (Wildman–Crippen MR) is 120 cm³/mol. The van der Waals surface area contributed by atoms with Gasteiger partial charge in [-0.2, -0.15) is 0 Å². The molecule has 31 heavy (non-hydrogen) atoms. The highest BCUT2D eigenvalue weighted by molar-refractivity contribution is 6.04. The third kappa shape index (κ3) is 4.56. The molecule has 0 radical (unpaired) electrons. The fourth-order valence-corrected chi connectivity index (χ4v) is 3.26. The first-order chi connectivity index (χ1) is 15.0. The monoisotopic (exact) mass is 414 g/mol. The average Bonchev–Trinajstić information content (AvgIpc) is 3.23. The summed E-state index contributed by atoms with van der Waals surface area (Å²) in [5.41, 5.74) is 5.25. The summed E-state index contributed by atoms with van der Waals surface area (Å²) in [6, 6.07) is 18.5. The molecule has 7 nitrogen and oxygen atoms in total.